The Morgan fingerprint density at radius 2 is 1.92 bits per heavy atom. The Morgan fingerprint density at radius 3 is 2.67 bits per heavy atom. The fourth-order valence-corrected chi connectivity index (χ4v) is 3.44. The maximum Gasteiger partial charge on any atom is 0.338 e. The minimum Gasteiger partial charge on any atom is -0.322 e. The Kier molecular flexibility index (Phi) is 4.67. The van der Waals surface area contributed by atoms with Gasteiger partial charge in [0.2, 0.25) is 0 Å². The van der Waals surface area contributed by atoms with Gasteiger partial charge < -0.3 is 4.90 Å². The Bertz CT molecular complexity index is 742. The van der Waals surface area contributed by atoms with Crippen LogP contribution in [0.15, 0.2) is 42.5 Å². The van der Waals surface area contributed by atoms with Crippen LogP contribution in [0, 0.1) is 6.92 Å². The smallest absolute Gasteiger partial charge is 0.322 e. The number of para-hydroxylation sites is 1. The van der Waals surface area contributed by atoms with Crippen LogP contribution in [0.3, 0.4) is 0 Å². The molecule has 0 saturated carbocycles. The Hall–Kier alpha value is -2.20. The normalized spacial score (nSPS) is 12.9. The van der Waals surface area contributed by atoms with Crippen LogP contribution in [0.4, 0.5) is 10.5 Å². The topological polar surface area (TPSA) is 26.8 Å². The summed E-state index contributed by atoms with van der Waals surface area (Å²) in [6, 6.07) is 14.0. The lowest BCUT2D eigenvalue weighted by molar-refractivity contribution is 0.167. The molecule has 1 heterocycles. The molecule has 2 aromatic rings. The monoisotopic (exact) mass is 343 g/mol. The van der Waals surface area contributed by atoms with Gasteiger partial charge in [-0.15, -0.1) is 0 Å². The Morgan fingerprint density at radius 1 is 1.17 bits per heavy atom. The van der Waals surface area contributed by atoms with Gasteiger partial charge >= 0.3 is 6.03 Å². The molecule has 0 spiro atoms. The predicted molar refractivity (Wildman–Crippen MR) is 98.3 cm³/mol. The number of benzene rings is 2. The second-order valence-corrected chi connectivity index (χ2v) is 6.61. The van der Waals surface area contributed by atoms with Gasteiger partial charge in [0.1, 0.15) is 0 Å². The van der Waals surface area contributed by atoms with Gasteiger partial charge in [0, 0.05) is 32.2 Å². The van der Waals surface area contributed by atoms with E-state index >= 15 is 0 Å². The molecule has 0 aromatic heterocycles. The average molecular weight is 344 g/mol. The molecule has 3 rings (SSSR count). The summed E-state index contributed by atoms with van der Waals surface area (Å²) >= 11 is 6.29. The van der Waals surface area contributed by atoms with Gasteiger partial charge in [-0.2, -0.15) is 0 Å². The fourth-order valence-electron chi connectivity index (χ4n) is 3.15. The molecule has 126 valence electrons. The highest BCUT2D eigenvalue weighted by Gasteiger charge is 2.27. The van der Waals surface area contributed by atoms with E-state index < -0.39 is 0 Å². The minimum absolute atomic E-state index is 0.0500. The largest absolute Gasteiger partial charge is 0.338 e. The number of rotatable bonds is 3. The molecule has 2 amide bonds. The highest BCUT2D eigenvalue weighted by Crippen LogP contribution is 2.29. The van der Waals surface area contributed by atoms with E-state index in [9.17, 15) is 4.79 Å². The molecule has 4 nitrogen and oxygen atoms in total. The molecule has 2 aromatic carbocycles. The van der Waals surface area contributed by atoms with E-state index in [1.807, 2.05) is 56.4 Å². The minimum atomic E-state index is -0.0500. The molecule has 1 aliphatic heterocycles. The number of hydrogen-bond acceptors (Lipinski definition) is 2. The quantitative estimate of drug-likeness (QED) is 0.838. The highest BCUT2D eigenvalue weighted by molar-refractivity contribution is 6.31. The van der Waals surface area contributed by atoms with Gasteiger partial charge in [0.25, 0.3) is 0 Å². The number of carbonyl (C=O) groups is 1. The van der Waals surface area contributed by atoms with Crippen molar-refractivity contribution in [1.82, 2.24) is 9.91 Å². The van der Waals surface area contributed by atoms with Crippen molar-refractivity contribution in [2.75, 3.05) is 25.6 Å². The molecule has 1 aliphatic rings. The Labute approximate surface area is 148 Å². The summed E-state index contributed by atoms with van der Waals surface area (Å²) in [6.07, 6.45) is 0.959. The number of nitrogens with zero attached hydrogens (tertiary/aromatic N) is 3. The molecule has 0 saturated heterocycles. The van der Waals surface area contributed by atoms with Crippen molar-refractivity contribution in [3.63, 3.8) is 0 Å². The van der Waals surface area contributed by atoms with E-state index in [0.717, 1.165) is 29.8 Å². The summed E-state index contributed by atoms with van der Waals surface area (Å²) in [5, 5.41) is 4.43. The Balaban J connectivity index is 1.74. The van der Waals surface area contributed by atoms with E-state index in [1.165, 1.54) is 5.56 Å². The zero-order valence-corrected chi connectivity index (χ0v) is 15.0. The number of aryl methyl sites for hydroxylation is 1. The molecule has 0 atom stereocenters. The first-order chi connectivity index (χ1) is 11.5. The first kappa shape index (κ1) is 16.7. The zero-order valence-electron chi connectivity index (χ0n) is 14.3. The molecule has 0 radical (unpaired) electrons. The second kappa shape index (κ2) is 6.73. The standard InChI is InChI=1S/C19H22ClN3O/c1-14-7-6-9-17(20)16(14)13-21(2)19(24)22(3)23-12-11-15-8-4-5-10-18(15)23/h4-10H,11-13H2,1-3H3. The van der Waals surface area contributed by atoms with E-state index in [-0.39, 0.29) is 6.03 Å². The summed E-state index contributed by atoms with van der Waals surface area (Å²) in [6.45, 7) is 3.32. The van der Waals surface area contributed by atoms with Crippen LogP contribution >= 0.6 is 11.6 Å². The molecule has 24 heavy (non-hydrogen) atoms. The van der Waals surface area contributed by atoms with Crippen LogP contribution in [0.25, 0.3) is 0 Å². The summed E-state index contributed by atoms with van der Waals surface area (Å²) in [5.41, 5.74) is 4.47. The number of hydrogen-bond donors (Lipinski definition) is 0. The third kappa shape index (κ3) is 3.06. The van der Waals surface area contributed by atoms with Crippen molar-refractivity contribution < 1.29 is 4.79 Å². The van der Waals surface area contributed by atoms with Gasteiger partial charge in [-0.1, -0.05) is 41.9 Å². The van der Waals surface area contributed by atoms with Crippen LogP contribution in [0.1, 0.15) is 16.7 Å². The number of carbonyl (C=O) groups excluding carboxylic acids is 1. The van der Waals surface area contributed by atoms with Crippen molar-refractivity contribution in [3.8, 4) is 0 Å². The van der Waals surface area contributed by atoms with Gasteiger partial charge in [0.15, 0.2) is 0 Å². The maximum atomic E-state index is 12.8. The molecule has 0 bridgehead atoms. The number of urea groups is 1. The van der Waals surface area contributed by atoms with E-state index in [0.29, 0.717) is 11.6 Å². The lowest BCUT2D eigenvalue weighted by Gasteiger charge is -2.33. The van der Waals surface area contributed by atoms with Crippen molar-refractivity contribution in [2.24, 2.45) is 0 Å². The van der Waals surface area contributed by atoms with Crippen LogP contribution in [0.2, 0.25) is 5.02 Å². The maximum absolute atomic E-state index is 12.8. The first-order valence-corrected chi connectivity index (χ1v) is 8.45. The molecule has 0 N–H and O–H groups in total. The summed E-state index contributed by atoms with van der Waals surface area (Å²) in [7, 11) is 3.63. The van der Waals surface area contributed by atoms with Crippen molar-refractivity contribution in [2.45, 2.75) is 19.9 Å². The van der Waals surface area contributed by atoms with Gasteiger partial charge in [-0.3, -0.25) is 5.01 Å². The van der Waals surface area contributed by atoms with Crippen LogP contribution < -0.4 is 5.01 Å². The van der Waals surface area contributed by atoms with Gasteiger partial charge in [-0.25, -0.2) is 9.80 Å². The van der Waals surface area contributed by atoms with E-state index in [4.69, 9.17) is 11.6 Å². The van der Waals surface area contributed by atoms with Crippen LogP contribution in [0.5, 0.6) is 0 Å². The van der Waals surface area contributed by atoms with E-state index in [1.54, 1.807) is 9.91 Å². The zero-order chi connectivity index (χ0) is 17.3. The number of fused-ring (bicyclic) bond motifs is 1. The van der Waals surface area contributed by atoms with Crippen LogP contribution in [-0.4, -0.2) is 36.6 Å². The molecule has 0 aliphatic carbocycles. The molecule has 5 heteroatoms. The predicted octanol–water partition coefficient (Wildman–Crippen LogP) is 4.11. The average Bonchev–Trinajstić information content (AvgIpc) is 3.01. The lowest BCUT2D eigenvalue weighted by atomic mass is 10.1. The highest BCUT2D eigenvalue weighted by atomic mass is 35.5. The molecule has 0 unspecified atom stereocenters. The SMILES string of the molecule is Cc1cccc(Cl)c1CN(C)C(=O)N(C)N1CCc2ccccc21. The lowest BCUT2D eigenvalue weighted by Crippen LogP contribution is -2.48. The van der Waals surface area contributed by atoms with E-state index in [2.05, 4.69) is 12.1 Å². The summed E-state index contributed by atoms with van der Waals surface area (Å²) < 4.78 is 0. The summed E-state index contributed by atoms with van der Waals surface area (Å²) in [5.74, 6) is 0. The fraction of sp³-hybridized carbons (Fsp3) is 0.316. The van der Waals surface area contributed by atoms with Crippen molar-refractivity contribution >= 4 is 23.3 Å². The van der Waals surface area contributed by atoms with Crippen LogP contribution in [-0.2, 0) is 13.0 Å². The van der Waals surface area contributed by atoms with Crippen molar-refractivity contribution in [3.05, 3.63) is 64.2 Å². The number of halogens is 1. The first-order valence-electron chi connectivity index (χ1n) is 8.07. The molecule has 0 fully saturated rings. The number of amides is 2. The van der Waals surface area contributed by atoms with Gasteiger partial charge in [0.05, 0.1) is 5.69 Å². The van der Waals surface area contributed by atoms with Crippen molar-refractivity contribution in [1.29, 1.82) is 0 Å². The molecular weight excluding hydrogens is 322 g/mol. The van der Waals surface area contributed by atoms with Gasteiger partial charge in [-0.05, 0) is 42.2 Å². The number of anilines is 1. The number of hydrazine groups is 1. The second-order valence-electron chi connectivity index (χ2n) is 6.20. The summed E-state index contributed by atoms with van der Waals surface area (Å²) in [4.78, 5) is 14.5. The molecular formula is C19H22ClN3O. The third-order valence-corrected chi connectivity index (χ3v) is 4.93. The third-order valence-electron chi connectivity index (χ3n) is 4.58.